The Morgan fingerprint density at radius 1 is 1.00 bits per heavy atom. The molecule has 222 valence electrons. The minimum Gasteiger partial charge on any atom is -0.494 e. The van der Waals surface area contributed by atoms with E-state index < -0.39 is 32.8 Å². The van der Waals surface area contributed by atoms with Crippen LogP contribution in [0.4, 0.5) is 10.3 Å². The fourth-order valence-electron chi connectivity index (χ4n) is 5.06. The predicted octanol–water partition coefficient (Wildman–Crippen LogP) is 3.26. The lowest BCUT2D eigenvalue weighted by Crippen LogP contribution is -2.51. The Kier molecular flexibility index (Phi) is 8.64. The number of methoxy groups -OCH3 is 2. The van der Waals surface area contributed by atoms with Crippen LogP contribution in [0.2, 0.25) is 0 Å². The van der Waals surface area contributed by atoms with Gasteiger partial charge < -0.3 is 19.1 Å². The molecule has 1 fully saturated rings. The number of halogens is 1. The second-order valence-electron chi connectivity index (χ2n) is 10.1. The zero-order valence-electron chi connectivity index (χ0n) is 23.7. The largest absolute Gasteiger partial charge is 0.494 e. The number of nitrogens with zero attached hydrogens (tertiary/aromatic N) is 7. The van der Waals surface area contributed by atoms with Crippen LogP contribution in [0.5, 0.6) is 11.5 Å². The van der Waals surface area contributed by atoms with Gasteiger partial charge in [-0.15, -0.1) is 10.2 Å². The molecule has 0 spiro atoms. The summed E-state index contributed by atoms with van der Waals surface area (Å²) in [4.78, 5) is 14.1. The number of hydrogen-bond acceptors (Lipinski definition) is 11. The summed E-state index contributed by atoms with van der Waals surface area (Å²) in [5, 5.41) is 7.86. The number of anilines is 1. The first-order valence-electron chi connectivity index (χ1n) is 13.4. The first-order chi connectivity index (χ1) is 20.2. The third-order valence-electron chi connectivity index (χ3n) is 6.84. The summed E-state index contributed by atoms with van der Waals surface area (Å²) in [5.41, 5.74) is 1.09. The molecule has 0 saturated carbocycles. The van der Waals surface area contributed by atoms with Crippen molar-refractivity contribution in [2.24, 2.45) is 0 Å². The van der Waals surface area contributed by atoms with Crippen molar-refractivity contribution in [1.29, 1.82) is 0 Å². The van der Waals surface area contributed by atoms with Gasteiger partial charge in [-0.3, -0.25) is 9.55 Å². The third kappa shape index (κ3) is 6.19. The Morgan fingerprint density at radius 3 is 2.33 bits per heavy atom. The van der Waals surface area contributed by atoms with Crippen molar-refractivity contribution < 1.29 is 27.0 Å². The van der Waals surface area contributed by atoms with Gasteiger partial charge in [-0.25, -0.2) is 22.8 Å². The summed E-state index contributed by atoms with van der Waals surface area (Å²) in [6.07, 6.45) is 5.09. The van der Waals surface area contributed by atoms with Crippen LogP contribution in [0.15, 0.2) is 55.1 Å². The monoisotopic (exact) mass is 597 g/mol. The lowest BCUT2D eigenvalue weighted by Gasteiger charge is -2.38. The fraction of sp³-hybridized carbons (Fsp3) is 0.393. The highest BCUT2D eigenvalue weighted by molar-refractivity contribution is 7.91. The standard InChI is InChI=1S/C28H32FN7O5S/c1-18(2)41-21-11-22(16-35(15-21)28-31-13-20(29)14-32-28)42(37,38)17-25-33-34-27(19-7-6-10-30-12-19)36(25)26-23(39-3)8-5-9-24(26)40-4/h5-10,12-14,18,21-22H,11,15-17H2,1-4H3/t21-,22-/m1/s1. The topological polar surface area (TPSA) is 134 Å². The van der Waals surface area contributed by atoms with E-state index in [4.69, 9.17) is 14.2 Å². The second kappa shape index (κ2) is 12.4. The molecule has 2 atom stereocenters. The first-order valence-corrected chi connectivity index (χ1v) is 15.1. The van der Waals surface area contributed by atoms with Gasteiger partial charge in [0.1, 0.15) is 22.9 Å². The summed E-state index contributed by atoms with van der Waals surface area (Å²) < 4.78 is 60.7. The molecule has 12 nitrogen and oxygen atoms in total. The average molecular weight is 598 g/mol. The molecule has 1 aliphatic heterocycles. The summed E-state index contributed by atoms with van der Waals surface area (Å²) in [6.45, 7) is 4.25. The quantitative estimate of drug-likeness (QED) is 0.267. The minimum atomic E-state index is -3.86. The summed E-state index contributed by atoms with van der Waals surface area (Å²) in [6, 6.07) is 8.84. The van der Waals surface area contributed by atoms with Gasteiger partial charge >= 0.3 is 0 Å². The number of piperidine rings is 1. The van der Waals surface area contributed by atoms with E-state index in [1.807, 2.05) is 19.9 Å². The lowest BCUT2D eigenvalue weighted by molar-refractivity contribution is 0.00143. The highest BCUT2D eigenvalue weighted by Gasteiger charge is 2.38. The van der Waals surface area contributed by atoms with Gasteiger partial charge in [-0.05, 0) is 44.5 Å². The number of sulfone groups is 1. The smallest absolute Gasteiger partial charge is 0.225 e. The Morgan fingerprint density at radius 2 is 1.71 bits per heavy atom. The van der Waals surface area contributed by atoms with Gasteiger partial charge in [-0.1, -0.05) is 6.07 Å². The molecule has 3 aromatic heterocycles. The van der Waals surface area contributed by atoms with E-state index in [2.05, 4.69) is 25.1 Å². The van der Waals surface area contributed by atoms with E-state index in [9.17, 15) is 12.8 Å². The van der Waals surface area contributed by atoms with Crippen molar-refractivity contribution >= 4 is 15.8 Å². The predicted molar refractivity (Wildman–Crippen MR) is 153 cm³/mol. The van der Waals surface area contributed by atoms with E-state index in [0.717, 1.165) is 12.4 Å². The molecule has 1 aliphatic rings. The summed E-state index contributed by atoms with van der Waals surface area (Å²) in [5.74, 6) is 0.662. The van der Waals surface area contributed by atoms with Crippen LogP contribution < -0.4 is 14.4 Å². The van der Waals surface area contributed by atoms with Gasteiger partial charge in [0, 0.05) is 31.0 Å². The van der Waals surface area contributed by atoms with Crippen LogP contribution in [0.1, 0.15) is 26.1 Å². The number of rotatable bonds is 10. The van der Waals surface area contributed by atoms with Crippen LogP contribution in [-0.2, 0) is 20.3 Å². The normalized spacial score (nSPS) is 17.4. The number of aromatic nitrogens is 6. The molecule has 0 N–H and O–H groups in total. The molecule has 4 aromatic rings. The SMILES string of the molecule is COc1cccc(OC)c1-n1c(CS(=O)(=O)[C@@H]2C[C@@H](OC(C)C)CN(c3ncc(F)cn3)C2)nnc1-c1cccnc1. The van der Waals surface area contributed by atoms with Crippen molar-refractivity contribution in [3.8, 4) is 28.6 Å². The van der Waals surface area contributed by atoms with Gasteiger partial charge in [-0.2, -0.15) is 0 Å². The molecule has 0 bridgehead atoms. The molecule has 0 aliphatic carbocycles. The van der Waals surface area contributed by atoms with E-state index in [-0.39, 0.29) is 30.8 Å². The molecule has 42 heavy (non-hydrogen) atoms. The van der Waals surface area contributed by atoms with E-state index in [1.165, 1.54) is 14.2 Å². The van der Waals surface area contributed by atoms with E-state index in [0.29, 0.717) is 35.1 Å². The highest BCUT2D eigenvalue weighted by atomic mass is 32.2. The number of pyridine rings is 1. The molecular weight excluding hydrogens is 565 g/mol. The number of ether oxygens (including phenoxy) is 3. The maximum absolute atomic E-state index is 14.1. The highest BCUT2D eigenvalue weighted by Crippen LogP contribution is 2.37. The van der Waals surface area contributed by atoms with Crippen LogP contribution in [-0.4, -0.2) is 82.9 Å². The molecule has 1 aromatic carbocycles. The Bertz CT molecular complexity index is 1600. The Balaban J connectivity index is 1.56. The zero-order valence-corrected chi connectivity index (χ0v) is 24.5. The van der Waals surface area contributed by atoms with Gasteiger partial charge in [0.2, 0.25) is 5.95 Å². The van der Waals surface area contributed by atoms with Crippen LogP contribution in [0.25, 0.3) is 17.1 Å². The molecular formula is C28H32FN7O5S. The van der Waals surface area contributed by atoms with Gasteiger partial charge in [0.15, 0.2) is 27.3 Å². The maximum Gasteiger partial charge on any atom is 0.225 e. The molecule has 1 saturated heterocycles. The van der Waals surface area contributed by atoms with Crippen molar-refractivity contribution in [1.82, 2.24) is 29.7 Å². The molecule has 0 amide bonds. The van der Waals surface area contributed by atoms with Crippen molar-refractivity contribution in [2.45, 2.75) is 43.5 Å². The fourth-order valence-corrected chi connectivity index (χ4v) is 6.76. The summed E-state index contributed by atoms with van der Waals surface area (Å²) in [7, 11) is -0.825. The number of hydrogen-bond donors (Lipinski definition) is 0. The zero-order chi connectivity index (χ0) is 29.9. The Labute approximate surface area is 243 Å². The minimum absolute atomic E-state index is 0.105. The number of benzene rings is 1. The molecule has 14 heteroatoms. The second-order valence-corrected chi connectivity index (χ2v) is 12.4. The number of para-hydroxylation sites is 1. The van der Waals surface area contributed by atoms with Crippen molar-refractivity contribution in [3.63, 3.8) is 0 Å². The summed E-state index contributed by atoms with van der Waals surface area (Å²) >= 11 is 0. The average Bonchev–Trinajstić information content (AvgIpc) is 3.39. The lowest BCUT2D eigenvalue weighted by atomic mass is 10.1. The molecule has 0 unspecified atom stereocenters. The van der Waals surface area contributed by atoms with E-state index in [1.54, 1.807) is 46.1 Å². The van der Waals surface area contributed by atoms with Crippen molar-refractivity contribution in [3.05, 3.63) is 66.8 Å². The van der Waals surface area contributed by atoms with Gasteiger partial charge in [0.05, 0.1) is 44.1 Å². The molecule has 0 radical (unpaired) electrons. The first kappa shape index (κ1) is 29.3. The van der Waals surface area contributed by atoms with Crippen LogP contribution in [0, 0.1) is 5.82 Å². The third-order valence-corrected chi connectivity index (χ3v) is 8.86. The van der Waals surface area contributed by atoms with Crippen LogP contribution in [0.3, 0.4) is 0 Å². The van der Waals surface area contributed by atoms with Crippen LogP contribution >= 0.6 is 0 Å². The van der Waals surface area contributed by atoms with E-state index >= 15 is 0 Å². The Hall–Kier alpha value is -4.17. The van der Waals surface area contributed by atoms with Crippen molar-refractivity contribution in [2.75, 3.05) is 32.2 Å². The maximum atomic E-state index is 14.1. The van der Waals surface area contributed by atoms with Gasteiger partial charge in [0.25, 0.3) is 0 Å². The molecule has 4 heterocycles. The molecule has 5 rings (SSSR count).